The lowest BCUT2D eigenvalue weighted by Crippen LogP contribution is -2.17. The Bertz CT molecular complexity index is 593. The number of hydrogen-bond donors (Lipinski definition) is 1. The average Bonchev–Trinajstić information content (AvgIpc) is 2.67. The SMILES string of the molecule is Cc1nn(CC(=O)OCCc2ccccn2)c(C)c1N. The van der Waals surface area contributed by atoms with Crippen LogP contribution in [0.3, 0.4) is 0 Å². The van der Waals surface area contributed by atoms with Gasteiger partial charge in [0.15, 0.2) is 0 Å². The Hall–Kier alpha value is -2.37. The lowest BCUT2D eigenvalue weighted by atomic mass is 10.3. The van der Waals surface area contributed by atoms with E-state index in [1.54, 1.807) is 10.9 Å². The molecule has 2 heterocycles. The summed E-state index contributed by atoms with van der Waals surface area (Å²) in [5.74, 6) is -0.327. The second-order valence-electron chi connectivity index (χ2n) is 4.53. The van der Waals surface area contributed by atoms with E-state index in [1.807, 2.05) is 32.0 Å². The van der Waals surface area contributed by atoms with E-state index in [4.69, 9.17) is 10.5 Å². The van der Waals surface area contributed by atoms with Crippen LogP contribution in [0, 0.1) is 13.8 Å². The molecule has 0 aromatic carbocycles. The number of nitrogens with zero attached hydrogens (tertiary/aromatic N) is 3. The number of pyridine rings is 1. The lowest BCUT2D eigenvalue weighted by Gasteiger charge is -2.06. The number of carbonyl (C=O) groups is 1. The third kappa shape index (κ3) is 3.34. The fourth-order valence-corrected chi connectivity index (χ4v) is 1.85. The van der Waals surface area contributed by atoms with Crippen LogP contribution in [0.15, 0.2) is 24.4 Å². The summed E-state index contributed by atoms with van der Waals surface area (Å²) in [5.41, 5.74) is 8.83. The van der Waals surface area contributed by atoms with Gasteiger partial charge in [-0.3, -0.25) is 14.5 Å². The van der Waals surface area contributed by atoms with Crippen LogP contribution in [0.2, 0.25) is 0 Å². The smallest absolute Gasteiger partial charge is 0.327 e. The summed E-state index contributed by atoms with van der Waals surface area (Å²) in [4.78, 5) is 15.9. The number of carbonyl (C=O) groups excluding carboxylic acids is 1. The number of hydrogen-bond acceptors (Lipinski definition) is 5. The summed E-state index contributed by atoms with van der Waals surface area (Å²) in [5, 5.41) is 4.19. The Balaban J connectivity index is 1.82. The van der Waals surface area contributed by atoms with Gasteiger partial charge < -0.3 is 10.5 Å². The molecule has 0 fully saturated rings. The Morgan fingerprint density at radius 2 is 2.20 bits per heavy atom. The fourth-order valence-electron chi connectivity index (χ4n) is 1.85. The van der Waals surface area contributed by atoms with Crippen molar-refractivity contribution in [1.82, 2.24) is 14.8 Å². The van der Waals surface area contributed by atoms with Crippen molar-refractivity contribution in [2.75, 3.05) is 12.3 Å². The number of aromatic nitrogens is 3. The average molecular weight is 274 g/mol. The second kappa shape index (κ2) is 6.18. The molecule has 2 rings (SSSR count). The van der Waals surface area contributed by atoms with Crippen LogP contribution in [0.5, 0.6) is 0 Å². The van der Waals surface area contributed by atoms with Crippen molar-refractivity contribution >= 4 is 11.7 Å². The van der Waals surface area contributed by atoms with Crippen molar-refractivity contribution in [1.29, 1.82) is 0 Å². The molecular weight excluding hydrogens is 256 g/mol. The number of rotatable bonds is 5. The van der Waals surface area contributed by atoms with Gasteiger partial charge in [0.2, 0.25) is 0 Å². The first-order valence-electron chi connectivity index (χ1n) is 6.43. The molecule has 6 nitrogen and oxygen atoms in total. The molecule has 0 radical (unpaired) electrons. The number of nitrogen functional groups attached to an aromatic ring is 1. The molecule has 0 aliphatic heterocycles. The Morgan fingerprint density at radius 3 is 2.80 bits per heavy atom. The maximum Gasteiger partial charge on any atom is 0.327 e. The number of ether oxygens (including phenoxy) is 1. The second-order valence-corrected chi connectivity index (χ2v) is 4.53. The first-order chi connectivity index (χ1) is 9.58. The van der Waals surface area contributed by atoms with Crippen molar-refractivity contribution in [3.8, 4) is 0 Å². The van der Waals surface area contributed by atoms with Crippen LogP contribution in [0.1, 0.15) is 17.1 Å². The van der Waals surface area contributed by atoms with Gasteiger partial charge in [0.05, 0.1) is 23.7 Å². The van der Waals surface area contributed by atoms with E-state index < -0.39 is 0 Å². The van der Waals surface area contributed by atoms with Gasteiger partial charge in [-0.2, -0.15) is 5.10 Å². The predicted octanol–water partition coefficient (Wildman–Crippen LogP) is 1.26. The van der Waals surface area contributed by atoms with Gasteiger partial charge in [-0.1, -0.05) is 6.07 Å². The molecular formula is C14H18N4O2. The molecule has 0 unspecified atom stereocenters. The van der Waals surface area contributed by atoms with Crippen LogP contribution in [-0.2, 0) is 22.5 Å². The highest BCUT2D eigenvalue weighted by Crippen LogP contribution is 2.14. The highest BCUT2D eigenvalue weighted by atomic mass is 16.5. The van der Waals surface area contributed by atoms with Gasteiger partial charge in [-0.05, 0) is 26.0 Å². The van der Waals surface area contributed by atoms with E-state index in [0.29, 0.717) is 18.7 Å². The summed E-state index contributed by atoms with van der Waals surface area (Å²) in [6, 6.07) is 5.65. The highest BCUT2D eigenvalue weighted by molar-refractivity contribution is 5.69. The normalized spacial score (nSPS) is 10.5. The van der Waals surface area contributed by atoms with Gasteiger partial charge in [0.25, 0.3) is 0 Å². The third-order valence-electron chi connectivity index (χ3n) is 3.06. The summed E-state index contributed by atoms with van der Waals surface area (Å²) in [7, 11) is 0. The zero-order chi connectivity index (χ0) is 14.5. The van der Waals surface area contributed by atoms with E-state index in [1.165, 1.54) is 0 Å². The van der Waals surface area contributed by atoms with Gasteiger partial charge in [0.1, 0.15) is 6.54 Å². The van der Waals surface area contributed by atoms with Crippen molar-refractivity contribution in [3.63, 3.8) is 0 Å². The molecule has 0 saturated carbocycles. The minimum absolute atomic E-state index is 0.0755. The van der Waals surface area contributed by atoms with E-state index >= 15 is 0 Å². The minimum Gasteiger partial charge on any atom is -0.464 e. The minimum atomic E-state index is -0.327. The monoisotopic (exact) mass is 274 g/mol. The summed E-state index contributed by atoms with van der Waals surface area (Å²) in [6.45, 7) is 4.03. The zero-order valence-corrected chi connectivity index (χ0v) is 11.7. The highest BCUT2D eigenvalue weighted by Gasteiger charge is 2.12. The molecule has 2 aromatic rings. The van der Waals surface area contributed by atoms with E-state index in [0.717, 1.165) is 17.1 Å². The van der Waals surface area contributed by atoms with Gasteiger partial charge >= 0.3 is 5.97 Å². The van der Waals surface area contributed by atoms with Crippen LogP contribution < -0.4 is 5.73 Å². The number of aryl methyl sites for hydroxylation is 1. The molecule has 0 atom stereocenters. The predicted molar refractivity (Wildman–Crippen MR) is 75.0 cm³/mol. The molecule has 2 N–H and O–H groups in total. The number of esters is 1. The largest absolute Gasteiger partial charge is 0.464 e. The number of nitrogens with two attached hydrogens (primary N) is 1. The molecule has 0 bridgehead atoms. The molecule has 0 aliphatic rings. The molecule has 0 aliphatic carbocycles. The maximum atomic E-state index is 11.7. The van der Waals surface area contributed by atoms with Crippen molar-refractivity contribution < 1.29 is 9.53 Å². The summed E-state index contributed by atoms with van der Waals surface area (Å²) >= 11 is 0. The van der Waals surface area contributed by atoms with Crippen LogP contribution in [-0.4, -0.2) is 27.3 Å². The van der Waals surface area contributed by atoms with E-state index in [-0.39, 0.29) is 12.5 Å². The van der Waals surface area contributed by atoms with Crippen molar-refractivity contribution in [2.24, 2.45) is 0 Å². The standard InChI is InChI=1S/C14H18N4O2/c1-10-14(15)11(2)18(17-10)9-13(19)20-8-6-12-5-3-4-7-16-12/h3-5,7H,6,8-9,15H2,1-2H3. The lowest BCUT2D eigenvalue weighted by molar-refractivity contribution is -0.144. The molecule has 6 heteroatoms. The van der Waals surface area contributed by atoms with E-state index in [9.17, 15) is 4.79 Å². The van der Waals surface area contributed by atoms with Crippen LogP contribution in [0.25, 0.3) is 0 Å². The van der Waals surface area contributed by atoms with Crippen molar-refractivity contribution in [3.05, 3.63) is 41.5 Å². The molecule has 0 amide bonds. The Labute approximate surface area is 117 Å². The third-order valence-corrected chi connectivity index (χ3v) is 3.06. The molecule has 20 heavy (non-hydrogen) atoms. The van der Waals surface area contributed by atoms with Gasteiger partial charge in [-0.15, -0.1) is 0 Å². The zero-order valence-electron chi connectivity index (χ0n) is 11.7. The van der Waals surface area contributed by atoms with Crippen LogP contribution in [0.4, 0.5) is 5.69 Å². The van der Waals surface area contributed by atoms with Crippen LogP contribution >= 0.6 is 0 Å². The first kappa shape index (κ1) is 14.0. The van der Waals surface area contributed by atoms with Gasteiger partial charge in [-0.25, -0.2) is 0 Å². The summed E-state index contributed by atoms with van der Waals surface area (Å²) < 4.78 is 6.74. The summed E-state index contributed by atoms with van der Waals surface area (Å²) in [6.07, 6.45) is 2.32. The Kier molecular flexibility index (Phi) is 4.34. The van der Waals surface area contributed by atoms with Crippen molar-refractivity contribution in [2.45, 2.75) is 26.8 Å². The quantitative estimate of drug-likeness (QED) is 0.830. The van der Waals surface area contributed by atoms with Gasteiger partial charge in [0, 0.05) is 18.3 Å². The molecule has 0 saturated heterocycles. The fraction of sp³-hybridized carbons (Fsp3) is 0.357. The Morgan fingerprint density at radius 1 is 1.40 bits per heavy atom. The number of anilines is 1. The maximum absolute atomic E-state index is 11.7. The van der Waals surface area contributed by atoms with E-state index in [2.05, 4.69) is 10.1 Å². The molecule has 0 spiro atoms. The topological polar surface area (TPSA) is 83.0 Å². The molecule has 2 aromatic heterocycles. The first-order valence-corrected chi connectivity index (χ1v) is 6.43. The molecule has 106 valence electrons.